The first-order valence-corrected chi connectivity index (χ1v) is 11.0. The Morgan fingerprint density at radius 3 is 2.70 bits per heavy atom. The van der Waals surface area contributed by atoms with Crippen molar-refractivity contribution < 1.29 is 9.53 Å². The Morgan fingerprint density at radius 1 is 1.26 bits per heavy atom. The molecule has 2 aliphatic heterocycles. The van der Waals surface area contributed by atoms with Gasteiger partial charge in [-0.25, -0.2) is 4.98 Å². The molecule has 2 fully saturated rings. The van der Waals surface area contributed by atoms with E-state index in [2.05, 4.69) is 24.1 Å². The van der Waals surface area contributed by atoms with Crippen molar-refractivity contribution in [1.82, 2.24) is 15.2 Å². The van der Waals surface area contributed by atoms with Crippen LogP contribution in [0.2, 0.25) is 0 Å². The van der Waals surface area contributed by atoms with Gasteiger partial charge in [0.15, 0.2) is 0 Å². The molecule has 1 aromatic heterocycles. The minimum atomic E-state index is 0.0347. The second-order valence-electron chi connectivity index (χ2n) is 7.71. The number of benzene rings is 1. The summed E-state index contributed by atoms with van der Waals surface area (Å²) in [5.74, 6) is 0.594. The van der Waals surface area contributed by atoms with Gasteiger partial charge in [-0.2, -0.15) is 0 Å². The SMILES string of the molecule is CCN1CCC(c2nc3ccc(C(=O)NC4CCOCC4)c(C)c3s2)CC1. The van der Waals surface area contributed by atoms with Gasteiger partial charge in [0, 0.05) is 30.7 Å². The van der Waals surface area contributed by atoms with Gasteiger partial charge in [0.1, 0.15) is 0 Å². The van der Waals surface area contributed by atoms with E-state index in [1.165, 1.54) is 22.5 Å². The van der Waals surface area contributed by atoms with Crippen molar-refractivity contribution in [2.45, 2.75) is 51.5 Å². The van der Waals surface area contributed by atoms with Crippen LogP contribution in [-0.2, 0) is 4.74 Å². The lowest BCUT2D eigenvalue weighted by Crippen LogP contribution is -2.39. The molecule has 0 bridgehead atoms. The highest BCUT2D eigenvalue weighted by atomic mass is 32.1. The van der Waals surface area contributed by atoms with Gasteiger partial charge in [0.25, 0.3) is 5.91 Å². The molecule has 27 heavy (non-hydrogen) atoms. The smallest absolute Gasteiger partial charge is 0.251 e. The molecule has 0 radical (unpaired) electrons. The van der Waals surface area contributed by atoms with E-state index >= 15 is 0 Å². The van der Waals surface area contributed by atoms with E-state index < -0.39 is 0 Å². The quantitative estimate of drug-likeness (QED) is 0.869. The Morgan fingerprint density at radius 2 is 2.00 bits per heavy atom. The zero-order chi connectivity index (χ0) is 18.8. The molecule has 0 atom stereocenters. The predicted molar refractivity (Wildman–Crippen MR) is 110 cm³/mol. The summed E-state index contributed by atoms with van der Waals surface area (Å²) in [6, 6.07) is 4.18. The molecule has 0 spiro atoms. The minimum absolute atomic E-state index is 0.0347. The van der Waals surface area contributed by atoms with Crippen LogP contribution in [0, 0.1) is 6.92 Å². The lowest BCUT2D eigenvalue weighted by atomic mass is 9.97. The maximum absolute atomic E-state index is 12.8. The second kappa shape index (κ2) is 8.25. The van der Waals surface area contributed by atoms with Gasteiger partial charge in [-0.3, -0.25) is 4.79 Å². The van der Waals surface area contributed by atoms with Crippen molar-refractivity contribution in [1.29, 1.82) is 0 Å². The lowest BCUT2D eigenvalue weighted by Gasteiger charge is -2.29. The van der Waals surface area contributed by atoms with Crippen LogP contribution in [0.3, 0.4) is 0 Å². The monoisotopic (exact) mass is 387 g/mol. The van der Waals surface area contributed by atoms with E-state index in [0.717, 1.165) is 62.3 Å². The van der Waals surface area contributed by atoms with E-state index in [0.29, 0.717) is 5.92 Å². The average molecular weight is 388 g/mol. The number of likely N-dealkylation sites (tertiary alicyclic amines) is 1. The van der Waals surface area contributed by atoms with Gasteiger partial charge in [-0.1, -0.05) is 6.92 Å². The van der Waals surface area contributed by atoms with Crippen LogP contribution in [0.5, 0.6) is 0 Å². The van der Waals surface area contributed by atoms with Gasteiger partial charge in [-0.15, -0.1) is 11.3 Å². The number of piperidine rings is 1. The van der Waals surface area contributed by atoms with E-state index in [9.17, 15) is 4.79 Å². The molecular weight excluding hydrogens is 358 g/mol. The third-order valence-electron chi connectivity index (χ3n) is 6.01. The average Bonchev–Trinajstić information content (AvgIpc) is 3.14. The van der Waals surface area contributed by atoms with Gasteiger partial charge in [0.05, 0.1) is 15.2 Å². The maximum atomic E-state index is 12.8. The molecule has 1 aromatic carbocycles. The Bertz CT molecular complexity index is 805. The second-order valence-corrected chi connectivity index (χ2v) is 8.74. The highest BCUT2D eigenvalue weighted by Gasteiger charge is 2.24. The number of thiazole rings is 1. The van der Waals surface area contributed by atoms with Crippen LogP contribution >= 0.6 is 11.3 Å². The molecule has 4 rings (SSSR count). The van der Waals surface area contributed by atoms with Crippen LogP contribution in [0.15, 0.2) is 12.1 Å². The number of amides is 1. The fourth-order valence-electron chi connectivity index (χ4n) is 4.16. The molecule has 2 aromatic rings. The van der Waals surface area contributed by atoms with Crippen molar-refractivity contribution >= 4 is 27.5 Å². The van der Waals surface area contributed by atoms with Crippen LogP contribution < -0.4 is 5.32 Å². The predicted octanol–water partition coefficient (Wildman–Crippen LogP) is 3.71. The molecule has 1 N–H and O–H groups in total. The Kier molecular flexibility index (Phi) is 5.76. The van der Waals surface area contributed by atoms with Crippen LogP contribution in [0.25, 0.3) is 10.2 Å². The normalized spacial score (nSPS) is 20.2. The van der Waals surface area contributed by atoms with Gasteiger partial charge >= 0.3 is 0 Å². The summed E-state index contributed by atoms with van der Waals surface area (Å²) < 4.78 is 6.55. The van der Waals surface area contributed by atoms with Crippen molar-refractivity contribution in [3.05, 3.63) is 28.3 Å². The Labute approximate surface area is 165 Å². The zero-order valence-electron chi connectivity index (χ0n) is 16.3. The number of hydrogen-bond donors (Lipinski definition) is 1. The summed E-state index contributed by atoms with van der Waals surface area (Å²) in [6.45, 7) is 9.22. The van der Waals surface area contributed by atoms with E-state index in [4.69, 9.17) is 9.72 Å². The highest BCUT2D eigenvalue weighted by molar-refractivity contribution is 7.18. The first-order valence-electron chi connectivity index (χ1n) is 10.2. The van der Waals surface area contributed by atoms with Gasteiger partial charge < -0.3 is 15.0 Å². The molecule has 2 aliphatic rings. The standard InChI is InChI=1S/C21H29N3O2S/c1-3-24-10-6-15(7-11-24)21-23-18-5-4-17(14(2)19(18)27-21)20(25)22-16-8-12-26-13-9-16/h4-5,15-16H,3,6-13H2,1-2H3,(H,22,25). The topological polar surface area (TPSA) is 54.5 Å². The highest BCUT2D eigenvalue weighted by Crippen LogP contribution is 2.36. The summed E-state index contributed by atoms with van der Waals surface area (Å²) in [5.41, 5.74) is 2.88. The van der Waals surface area contributed by atoms with Crippen molar-refractivity contribution in [2.75, 3.05) is 32.8 Å². The molecule has 0 aliphatic carbocycles. The van der Waals surface area contributed by atoms with E-state index in [-0.39, 0.29) is 11.9 Å². The summed E-state index contributed by atoms with van der Waals surface area (Å²) in [7, 11) is 0. The summed E-state index contributed by atoms with van der Waals surface area (Å²) in [6.07, 6.45) is 4.16. The Hall–Kier alpha value is -1.50. The van der Waals surface area contributed by atoms with Gasteiger partial charge in [-0.05, 0) is 69.9 Å². The van der Waals surface area contributed by atoms with Gasteiger partial charge in [0.2, 0.25) is 0 Å². The maximum Gasteiger partial charge on any atom is 0.251 e. The molecule has 2 saturated heterocycles. The van der Waals surface area contributed by atoms with Crippen molar-refractivity contribution in [3.8, 4) is 0 Å². The number of nitrogens with one attached hydrogen (secondary N) is 1. The largest absolute Gasteiger partial charge is 0.381 e. The number of nitrogens with zero attached hydrogens (tertiary/aromatic N) is 2. The molecule has 5 nitrogen and oxygen atoms in total. The summed E-state index contributed by atoms with van der Waals surface area (Å²) in [5, 5.41) is 4.42. The van der Waals surface area contributed by atoms with Crippen LogP contribution in [-0.4, -0.2) is 54.7 Å². The number of carbonyl (C=O) groups excluding carboxylic acids is 1. The zero-order valence-corrected chi connectivity index (χ0v) is 17.1. The van der Waals surface area contributed by atoms with Crippen molar-refractivity contribution in [2.24, 2.45) is 0 Å². The van der Waals surface area contributed by atoms with E-state index in [1.807, 2.05) is 12.1 Å². The van der Waals surface area contributed by atoms with E-state index in [1.54, 1.807) is 11.3 Å². The van der Waals surface area contributed by atoms with Crippen LogP contribution in [0.1, 0.15) is 59.5 Å². The number of ether oxygens (including phenoxy) is 1. The molecular formula is C21H29N3O2S. The third kappa shape index (κ3) is 4.03. The number of aryl methyl sites for hydroxylation is 1. The number of rotatable bonds is 4. The van der Waals surface area contributed by atoms with Crippen LogP contribution in [0.4, 0.5) is 0 Å². The Balaban J connectivity index is 1.52. The number of aromatic nitrogens is 1. The number of hydrogen-bond acceptors (Lipinski definition) is 5. The molecule has 6 heteroatoms. The molecule has 146 valence electrons. The molecule has 3 heterocycles. The molecule has 0 unspecified atom stereocenters. The first kappa shape index (κ1) is 18.8. The fraction of sp³-hybridized carbons (Fsp3) is 0.619. The first-order chi connectivity index (χ1) is 13.2. The molecule has 1 amide bonds. The minimum Gasteiger partial charge on any atom is -0.381 e. The lowest BCUT2D eigenvalue weighted by molar-refractivity contribution is 0.0696. The summed E-state index contributed by atoms with van der Waals surface area (Å²) in [4.78, 5) is 20.2. The third-order valence-corrected chi connectivity index (χ3v) is 7.36. The number of fused-ring (bicyclic) bond motifs is 1. The molecule has 0 saturated carbocycles. The fourth-order valence-corrected chi connectivity index (χ4v) is 5.40. The number of carbonyl (C=O) groups is 1. The van der Waals surface area contributed by atoms with Crippen molar-refractivity contribution in [3.63, 3.8) is 0 Å². The summed E-state index contributed by atoms with van der Waals surface area (Å²) >= 11 is 1.79.